The summed E-state index contributed by atoms with van der Waals surface area (Å²) in [4.78, 5) is 28.4. The Morgan fingerprint density at radius 1 is 0.864 bits per heavy atom. The number of anilines is 1. The van der Waals surface area contributed by atoms with Gasteiger partial charge in [0.05, 0.1) is 0 Å². The van der Waals surface area contributed by atoms with Crippen LogP contribution in [0.1, 0.15) is 16.8 Å². The van der Waals surface area contributed by atoms with Crippen LogP contribution in [0.25, 0.3) is 0 Å². The van der Waals surface area contributed by atoms with Crippen molar-refractivity contribution in [2.45, 2.75) is 6.42 Å². The molecule has 0 N–H and O–H groups in total. The van der Waals surface area contributed by atoms with E-state index in [9.17, 15) is 9.59 Å². The second-order valence-corrected chi connectivity index (χ2v) is 5.33. The average Bonchev–Trinajstić information content (AvgIpc) is 2.77. The van der Waals surface area contributed by atoms with Crippen LogP contribution in [0.5, 0.6) is 0 Å². The molecule has 1 saturated heterocycles. The first-order chi connectivity index (χ1) is 10.8. The molecule has 22 heavy (non-hydrogen) atoms. The Bertz CT molecular complexity index is 655. The topological polar surface area (TPSA) is 40.6 Å². The van der Waals surface area contributed by atoms with Crippen LogP contribution in [0, 0.1) is 0 Å². The van der Waals surface area contributed by atoms with Crippen molar-refractivity contribution in [3.63, 3.8) is 0 Å². The molecule has 3 rings (SSSR count). The van der Waals surface area contributed by atoms with Crippen LogP contribution in [0.4, 0.5) is 5.69 Å². The maximum absolute atomic E-state index is 12.5. The highest BCUT2D eigenvalue weighted by atomic mass is 16.2. The van der Waals surface area contributed by atoms with Gasteiger partial charge in [-0.2, -0.15) is 0 Å². The van der Waals surface area contributed by atoms with E-state index in [0.717, 1.165) is 12.1 Å². The van der Waals surface area contributed by atoms with Crippen LogP contribution in [0.2, 0.25) is 0 Å². The summed E-state index contributed by atoms with van der Waals surface area (Å²) in [7, 11) is 0. The molecule has 0 aliphatic carbocycles. The summed E-state index contributed by atoms with van der Waals surface area (Å²) >= 11 is 0. The van der Waals surface area contributed by atoms with Gasteiger partial charge in [-0.15, -0.1) is 0 Å². The number of hydrogen-bond donors (Lipinski definition) is 0. The van der Waals surface area contributed by atoms with Crippen molar-refractivity contribution in [2.75, 3.05) is 24.5 Å². The maximum atomic E-state index is 12.5. The smallest absolute Gasteiger partial charge is 0.254 e. The molecule has 112 valence electrons. The van der Waals surface area contributed by atoms with Crippen molar-refractivity contribution in [2.24, 2.45) is 0 Å². The number of amides is 2. The van der Waals surface area contributed by atoms with Gasteiger partial charge in [-0.1, -0.05) is 36.4 Å². The first kappa shape index (κ1) is 14.3. The van der Waals surface area contributed by atoms with Crippen molar-refractivity contribution in [3.05, 3.63) is 66.2 Å². The van der Waals surface area contributed by atoms with Gasteiger partial charge in [0.2, 0.25) is 5.91 Å². The molecule has 2 amide bonds. The fourth-order valence-corrected chi connectivity index (χ4v) is 2.69. The normalized spacial score (nSPS) is 15.5. The summed E-state index contributed by atoms with van der Waals surface area (Å²) in [5.41, 5.74) is 1.52. The number of para-hydroxylation sites is 1. The molecule has 4 heteroatoms. The first-order valence-electron chi connectivity index (χ1n) is 7.45. The van der Waals surface area contributed by atoms with Crippen LogP contribution in [-0.4, -0.2) is 36.3 Å². The van der Waals surface area contributed by atoms with Crippen LogP contribution in [0.15, 0.2) is 60.7 Å². The molecule has 0 aromatic heterocycles. The zero-order valence-electron chi connectivity index (χ0n) is 12.3. The molecule has 0 saturated carbocycles. The predicted molar refractivity (Wildman–Crippen MR) is 85.8 cm³/mol. The van der Waals surface area contributed by atoms with Crippen LogP contribution >= 0.6 is 0 Å². The highest BCUT2D eigenvalue weighted by molar-refractivity contribution is 6.00. The fourth-order valence-electron chi connectivity index (χ4n) is 2.69. The lowest BCUT2D eigenvalue weighted by molar-refractivity contribution is -0.118. The molecule has 2 aromatic rings. The van der Waals surface area contributed by atoms with Crippen molar-refractivity contribution >= 4 is 17.5 Å². The van der Waals surface area contributed by atoms with Gasteiger partial charge >= 0.3 is 0 Å². The molecule has 1 heterocycles. The molecule has 0 spiro atoms. The summed E-state index contributed by atoms with van der Waals surface area (Å²) in [6.45, 7) is 1.37. The minimum Gasteiger partial charge on any atom is -0.329 e. The summed E-state index contributed by atoms with van der Waals surface area (Å²) in [5.74, 6) is -0.114. The highest BCUT2D eigenvalue weighted by Gasteiger charge is 2.26. The van der Waals surface area contributed by atoms with Gasteiger partial charge in [-0.3, -0.25) is 9.59 Å². The molecule has 2 aromatic carbocycles. The van der Waals surface area contributed by atoms with Gasteiger partial charge in [0.25, 0.3) is 5.91 Å². The van der Waals surface area contributed by atoms with E-state index in [-0.39, 0.29) is 18.4 Å². The third-order valence-corrected chi connectivity index (χ3v) is 3.81. The number of carbonyl (C=O) groups excluding carboxylic acids is 2. The van der Waals surface area contributed by atoms with Gasteiger partial charge < -0.3 is 9.80 Å². The third-order valence-electron chi connectivity index (χ3n) is 3.81. The predicted octanol–water partition coefficient (Wildman–Crippen LogP) is 2.57. The monoisotopic (exact) mass is 294 g/mol. The number of carbonyl (C=O) groups is 2. The van der Waals surface area contributed by atoms with E-state index in [0.29, 0.717) is 18.7 Å². The quantitative estimate of drug-likeness (QED) is 0.854. The minimum absolute atomic E-state index is 0.0343. The molecule has 4 nitrogen and oxygen atoms in total. The lowest BCUT2D eigenvalue weighted by Crippen LogP contribution is -2.39. The van der Waals surface area contributed by atoms with Gasteiger partial charge in [0, 0.05) is 24.3 Å². The Morgan fingerprint density at radius 3 is 2.18 bits per heavy atom. The van der Waals surface area contributed by atoms with Crippen molar-refractivity contribution in [1.82, 2.24) is 4.90 Å². The van der Waals surface area contributed by atoms with Crippen LogP contribution < -0.4 is 4.90 Å². The SMILES string of the molecule is O=C(c1ccccc1)N1CCCN(c2ccccc2)C(=O)C1. The molecular weight excluding hydrogens is 276 g/mol. The summed E-state index contributed by atoms with van der Waals surface area (Å²) in [6.07, 6.45) is 0.777. The van der Waals surface area contributed by atoms with Gasteiger partial charge in [0.15, 0.2) is 0 Å². The Kier molecular flexibility index (Phi) is 4.19. The van der Waals surface area contributed by atoms with Crippen molar-refractivity contribution < 1.29 is 9.59 Å². The Balaban J connectivity index is 1.76. The summed E-state index contributed by atoms with van der Waals surface area (Å²) in [5, 5.41) is 0. The third kappa shape index (κ3) is 3.01. The van der Waals surface area contributed by atoms with E-state index in [1.165, 1.54) is 0 Å². The van der Waals surface area contributed by atoms with Crippen LogP contribution in [0.3, 0.4) is 0 Å². The van der Waals surface area contributed by atoms with E-state index >= 15 is 0 Å². The van der Waals surface area contributed by atoms with Crippen molar-refractivity contribution in [1.29, 1.82) is 0 Å². The van der Waals surface area contributed by atoms with Gasteiger partial charge in [0.1, 0.15) is 6.54 Å². The molecule has 1 fully saturated rings. The number of benzene rings is 2. The zero-order chi connectivity index (χ0) is 15.4. The number of nitrogens with zero attached hydrogens (tertiary/aromatic N) is 2. The lowest BCUT2D eigenvalue weighted by atomic mass is 10.2. The van der Waals surface area contributed by atoms with Crippen LogP contribution in [-0.2, 0) is 4.79 Å². The second kappa shape index (κ2) is 6.43. The van der Waals surface area contributed by atoms with E-state index in [4.69, 9.17) is 0 Å². The molecule has 1 aliphatic rings. The fraction of sp³-hybridized carbons (Fsp3) is 0.222. The molecule has 0 bridgehead atoms. The molecule has 0 unspecified atom stereocenters. The Morgan fingerprint density at radius 2 is 1.50 bits per heavy atom. The van der Waals surface area contributed by atoms with E-state index in [1.807, 2.05) is 48.5 Å². The maximum Gasteiger partial charge on any atom is 0.254 e. The van der Waals surface area contributed by atoms with E-state index < -0.39 is 0 Å². The molecule has 0 atom stereocenters. The second-order valence-electron chi connectivity index (χ2n) is 5.33. The number of rotatable bonds is 2. The zero-order valence-corrected chi connectivity index (χ0v) is 12.3. The minimum atomic E-state index is -0.0798. The highest BCUT2D eigenvalue weighted by Crippen LogP contribution is 2.17. The Hall–Kier alpha value is -2.62. The largest absolute Gasteiger partial charge is 0.329 e. The van der Waals surface area contributed by atoms with E-state index in [1.54, 1.807) is 21.9 Å². The lowest BCUT2D eigenvalue weighted by Gasteiger charge is -2.22. The summed E-state index contributed by atoms with van der Waals surface area (Å²) in [6, 6.07) is 18.7. The Labute approximate surface area is 130 Å². The summed E-state index contributed by atoms with van der Waals surface area (Å²) < 4.78 is 0. The first-order valence-corrected chi connectivity index (χ1v) is 7.45. The number of hydrogen-bond acceptors (Lipinski definition) is 2. The molecular formula is C18H18N2O2. The average molecular weight is 294 g/mol. The van der Waals surface area contributed by atoms with Crippen molar-refractivity contribution in [3.8, 4) is 0 Å². The van der Waals surface area contributed by atoms with E-state index in [2.05, 4.69) is 0 Å². The standard InChI is InChI=1S/C18H18N2O2/c21-17-14-19(18(22)15-8-3-1-4-9-15)12-7-13-20(17)16-10-5-2-6-11-16/h1-6,8-11H,7,12-14H2. The molecule has 0 radical (unpaired) electrons. The molecule has 1 aliphatic heterocycles. The van der Waals surface area contributed by atoms with Gasteiger partial charge in [-0.25, -0.2) is 0 Å². The van der Waals surface area contributed by atoms with Gasteiger partial charge in [-0.05, 0) is 30.7 Å².